The first-order valence-electron chi connectivity index (χ1n) is 14.8. The molecule has 8 nitrogen and oxygen atoms in total. The zero-order valence-electron chi connectivity index (χ0n) is 25.2. The number of nitrogens with one attached hydrogen (secondary N) is 3. The van der Waals surface area contributed by atoms with E-state index in [2.05, 4.69) is 16.0 Å². The summed E-state index contributed by atoms with van der Waals surface area (Å²) in [5.41, 5.74) is 9.10. The summed E-state index contributed by atoms with van der Waals surface area (Å²) in [7, 11) is -1.52. The Kier molecular flexibility index (Phi) is 11.5. The SMILES string of the molecule is Cc1ccc(S(=O)N(CC(C)C)C[C@@H](O)[C@H](Cc2ccccc2)NCNC(=O)CNC2(c3cccc(F)c3)CC2)cc1N. The average molecular weight is 610 g/mol. The van der Waals surface area contributed by atoms with Crippen LogP contribution in [0.3, 0.4) is 0 Å². The van der Waals surface area contributed by atoms with Crippen molar-refractivity contribution in [3.8, 4) is 0 Å². The van der Waals surface area contributed by atoms with Crippen LogP contribution in [0.1, 0.15) is 43.4 Å². The molecule has 4 rings (SSSR count). The fourth-order valence-corrected chi connectivity index (χ4v) is 6.54. The summed E-state index contributed by atoms with van der Waals surface area (Å²) >= 11 is 0. The van der Waals surface area contributed by atoms with E-state index in [1.165, 1.54) is 12.1 Å². The fourth-order valence-electron chi connectivity index (χ4n) is 5.11. The highest BCUT2D eigenvalue weighted by atomic mass is 32.2. The van der Waals surface area contributed by atoms with Crippen molar-refractivity contribution in [2.45, 2.75) is 62.6 Å². The maximum atomic E-state index is 13.7. The van der Waals surface area contributed by atoms with Gasteiger partial charge in [-0.05, 0) is 73.1 Å². The molecule has 3 aromatic carbocycles. The number of nitrogens with zero attached hydrogens (tertiary/aromatic N) is 1. The number of carbonyl (C=O) groups is 1. The molecule has 0 radical (unpaired) electrons. The Hall–Kier alpha value is -3.15. The number of nitrogens with two attached hydrogens (primary N) is 1. The van der Waals surface area contributed by atoms with Gasteiger partial charge in [-0.2, -0.15) is 0 Å². The molecule has 1 amide bonds. The topological polar surface area (TPSA) is 120 Å². The predicted molar refractivity (Wildman–Crippen MR) is 170 cm³/mol. The van der Waals surface area contributed by atoms with Crippen LogP contribution in [0.2, 0.25) is 0 Å². The lowest BCUT2D eigenvalue weighted by Crippen LogP contribution is -2.52. The van der Waals surface area contributed by atoms with Gasteiger partial charge in [0.1, 0.15) is 16.8 Å². The molecule has 0 spiro atoms. The minimum Gasteiger partial charge on any atom is -0.398 e. The van der Waals surface area contributed by atoms with Gasteiger partial charge in [-0.3, -0.25) is 15.4 Å². The number of halogens is 1. The number of aryl methyl sites for hydroxylation is 1. The van der Waals surface area contributed by atoms with E-state index in [0.29, 0.717) is 23.5 Å². The maximum absolute atomic E-state index is 13.7. The highest BCUT2D eigenvalue weighted by Crippen LogP contribution is 2.45. The second kappa shape index (κ2) is 15.0. The van der Waals surface area contributed by atoms with Crippen molar-refractivity contribution < 1.29 is 18.5 Å². The molecule has 232 valence electrons. The predicted octanol–water partition coefficient (Wildman–Crippen LogP) is 3.61. The van der Waals surface area contributed by atoms with Crippen LogP contribution in [0.5, 0.6) is 0 Å². The number of hydrogen-bond donors (Lipinski definition) is 5. The van der Waals surface area contributed by atoms with Gasteiger partial charge in [0.05, 0.1) is 24.2 Å². The molecule has 43 heavy (non-hydrogen) atoms. The molecular formula is C33H44FN5O3S. The lowest BCUT2D eigenvalue weighted by atomic mass is 10.0. The van der Waals surface area contributed by atoms with Crippen LogP contribution in [0.25, 0.3) is 0 Å². The van der Waals surface area contributed by atoms with Crippen LogP contribution < -0.4 is 21.7 Å². The first kappa shape index (κ1) is 32.8. The summed E-state index contributed by atoms with van der Waals surface area (Å²) in [6.07, 6.45) is 1.31. The van der Waals surface area contributed by atoms with Crippen LogP contribution in [0.15, 0.2) is 77.7 Å². The molecule has 0 aliphatic heterocycles. The maximum Gasteiger partial charge on any atom is 0.234 e. The summed E-state index contributed by atoms with van der Waals surface area (Å²) < 4.78 is 29.1. The van der Waals surface area contributed by atoms with Gasteiger partial charge in [0, 0.05) is 30.4 Å². The number of aliphatic hydroxyl groups excluding tert-OH is 1. The number of carbonyl (C=O) groups excluding carboxylic acids is 1. The van der Waals surface area contributed by atoms with Crippen LogP contribution in [-0.2, 0) is 27.7 Å². The fraction of sp³-hybridized carbons (Fsp3) is 0.424. The molecule has 3 aromatic rings. The second-order valence-corrected chi connectivity index (χ2v) is 13.3. The van der Waals surface area contributed by atoms with E-state index in [1.807, 2.05) is 69.3 Å². The third-order valence-electron chi connectivity index (χ3n) is 7.77. The van der Waals surface area contributed by atoms with E-state index in [0.717, 1.165) is 29.5 Å². The number of amides is 1. The summed E-state index contributed by atoms with van der Waals surface area (Å²) in [6, 6.07) is 21.3. The molecule has 3 atom stereocenters. The summed E-state index contributed by atoms with van der Waals surface area (Å²) in [5.74, 6) is -0.280. The number of rotatable bonds is 16. The van der Waals surface area contributed by atoms with Gasteiger partial charge in [-0.1, -0.05) is 62.4 Å². The van der Waals surface area contributed by atoms with Crippen LogP contribution >= 0.6 is 0 Å². The number of anilines is 1. The van der Waals surface area contributed by atoms with Gasteiger partial charge in [-0.15, -0.1) is 0 Å². The molecule has 10 heteroatoms. The number of aliphatic hydroxyl groups is 1. The average Bonchev–Trinajstić information content (AvgIpc) is 3.78. The molecule has 1 aliphatic rings. The van der Waals surface area contributed by atoms with Crippen LogP contribution in [-0.4, -0.2) is 58.0 Å². The van der Waals surface area contributed by atoms with E-state index in [-0.39, 0.29) is 42.9 Å². The van der Waals surface area contributed by atoms with E-state index >= 15 is 0 Å². The Bertz CT molecular complexity index is 1390. The minimum absolute atomic E-state index is 0.0882. The Morgan fingerprint density at radius 1 is 1.07 bits per heavy atom. The number of nitrogen functional groups attached to an aromatic ring is 1. The van der Waals surface area contributed by atoms with E-state index < -0.39 is 23.1 Å². The molecule has 1 unspecified atom stereocenters. The third kappa shape index (κ3) is 9.42. The molecule has 0 heterocycles. The van der Waals surface area contributed by atoms with Gasteiger partial charge >= 0.3 is 0 Å². The van der Waals surface area contributed by atoms with Crippen molar-refractivity contribution in [2.75, 3.05) is 32.0 Å². The van der Waals surface area contributed by atoms with Crippen molar-refractivity contribution in [1.29, 1.82) is 0 Å². The van der Waals surface area contributed by atoms with Gasteiger partial charge < -0.3 is 16.2 Å². The van der Waals surface area contributed by atoms with Crippen LogP contribution in [0, 0.1) is 18.7 Å². The molecule has 6 N–H and O–H groups in total. The number of benzene rings is 3. The molecule has 1 aliphatic carbocycles. The number of hydrogen-bond acceptors (Lipinski definition) is 6. The minimum atomic E-state index is -1.52. The molecule has 0 bridgehead atoms. The molecule has 0 aromatic heterocycles. The van der Waals surface area contributed by atoms with Gasteiger partial charge in [-0.25, -0.2) is 12.9 Å². The summed E-state index contributed by atoms with van der Waals surface area (Å²) in [4.78, 5) is 13.3. The highest BCUT2D eigenvalue weighted by molar-refractivity contribution is 7.82. The van der Waals surface area contributed by atoms with Gasteiger partial charge in [0.25, 0.3) is 0 Å². The molecule has 1 fully saturated rings. The largest absolute Gasteiger partial charge is 0.398 e. The van der Waals surface area contributed by atoms with E-state index in [4.69, 9.17) is 5.73 Å². The van der Waals surface area contributed by atoms with E-state index in [9.17, 15) is 18.5 Å². The Morgan fingerprint density at radius 2 is 1.81 bits per heavy atom. The zero-order valence-corrected chi connectivity index (χ0v) is 26.0. The molecule has 1 saturated carbocycles. The van der Waals surface area contributed by atoms with E-state index in [1.54, 1.807) is 16.4 Å². The van der Waals surface area contributed by atoms with Crippen molar-refractivity contribution in [3.05, 3.63) is 95.3 Å². The lowest BCUT2D eigenvalue weighted by molar-refractivity contribution is -0.120. The summed E-state index contributed by atoms with van der Waals surface area (Å²) in [6.45, 7) is 6.90. The Balaban J connectivity index is 1.38. The zero-order chi connectivity index (χ0) is 31.0. The van der Waals surface area contributed by atoms with Crippen molar-refractivity contribution >= 4 is 22.6 Å². The summed E-state index contributed by atoms with van der Waals surface area (Å²) in [5, 5.41) is 20.9. The van der Waals surface area contributed by atoms with Gasteiger partial charge in [0.15, 0.2) is 0 Å². The third-order valence-corrected chi connectivity index (χ3v) is 9.20. The first-order chi connectivity index (χ1) is 20.6. The van der Waals surface area contributed by atoms with Crippen molar-refractivity contribution in [2.24, 2.45) is 5.92 Å². The quantitative estimate of drug-likeness (QED) is 0.125. The monoisotopic (exact) mass is 609 g/mol. The van der Waals surface area contributed by atoms with Crippen LogP contribution in [0.4, 0.5) is 10.1 Å². The lowest BCUT2D eigenvalue weighted by Gasteiger charge is -2.30. The smallest absolute Gasteiger partial charge is 0.234 e. The first-order valence-corrected chi connectivity index (χ1v) is 15.9. The Labute approximate surface area is 256 Å². The molecular weight excluding hydrogens is 565 g/mol. The second-order valence-electron chi connectivity index (χ2n) is 11.8. The van der Waals surface area contributed by atoms with Crippen molar-refractivity contribution in [1.82, 2.24) is 20.3 Å². The Morgan fingerprint density at radius 3 is 2.47 bits per heavy atom. The van der Waals surface area contributed by atoms with Gasteiger partial charge in [0.2, 0.25) is 5.91 Å². The normalized spacial score (nSPS) is 16.2. The molecule has 0 saturated heterocycles. The highest BCUT2D eigenvalue weighted by Gasteiger charge is 2.44. The van der Waals surface area contributed by atoms with Crippen molar-refractivity contribution in [3.63, 3.8) is 0 Å². The standard InChI is InChI=1S/C33H44FN5O3S/c1-23(2)20-39(43(42)28-13-12-24(3)29(35)18-28)21-31(40)30(16-25-8-5-4-6-9-25)36-22-37-32(41)19-38-33(14-15-33)26-10-7-11-27(34)17-26/h4-13,17-18,23,30-31,36,38,40H,14-16,19-22,35H2,1-3H3,(H,37,41)/t30-,31+,43?/m0/s1.